The van der Waals surface area contributed by atoms with Gasteiger partial charge in [0, 0.05) is 43.0 Å². The molecule has 3 rings (SSSR count). The fourth-order valence-electron chi connectivity index (χ4n) is 3.24. The molecular formula is C21H23N3O4. The monoisotopic (exact) mass is 381 g/mol. The highest BCUT2D eigenvalue weighted by Crippen LogP contribution is 2.29. The van der Waals surface area contributed by atoms with Crippen LogP contribution >= 0.6 is 0 Å². The molecule has 28 heavy (non-hydrogen) atoms. The molecule has 2 N–H and O–H groups in total. The maximum absolute atomic E-state index is 12.7. The van der Waals surface area contributed by atoms with E-state index < -0.39 is 5.92 Å². The van der Waals surface area contributed by atoms with Gasteiger partial charge in [0.05, 0.1) is 13.0 Å². The van der Waals surface area contributed by atoms with Gasteiger partial charge in [0.1, 0.15) is 5.75 Å². The molecule has 146 valence electrons. The number of carbonyl (C=O) groups excluding carboxylic acids is 3. The number of nitrogens with zero attached hydrogens (tertiary/aromatic N) is 1. The highest BCUT2D eigenvalue weighted by molar-refractivity contribution is 6.04. The molecule has 7 heteroatoms. The third-order valence-corrected chi connectivity index (χ3v) is 4.76. The van der Waals surface area contributed by atoms with Gasteiger partial charge in [-0.25, -0.2) is 0 Å². The van der Waals surface area contributed by atoms with Gasteiger partial charge in [-0.3, -0.25) is 14.4 Å². The molecule has 1 saturated heterocycles. The number of methoxy groups -OCH3 is 1. The van der Waals surface area contributed by atoms with Crippen molar-refractivity contribution in [1.82, 2.24) is 0 Å². The normalized spacial score (nSPS) is 16.0. The van der Waals surface area contributed by atoms with Crippen LogP contribution in [-0.2, 0) is 14.4 Å². The van der Waals surface area contributed by atoms with E-state index in [1.165, 1.54) is 6.92 Å². The number of hydrogen-bond donors (Lipinski definition) is 2. The summed E-state index contributed by atoms with van der Waals surface area (Å²) in [4.78, 5) is 38.1. The number of ether oxygens (including phenoxy) is 1. The molecule has 0 aliphatic carbocycles. The molecule has 1 heterocycles. The quantitative estimate of drug-likeness (QED) is 0.834. The topological polar surface area (TPSA) is 87.7 Å². The first kappa shape index (κ1) is 19.4. The van der Waals surface area contributed by atoms with E-state index in [2.05, 4.69) is 10.6 Å². The van der Waals surface area contributed by atoms with E-state index in [1.807, 2.05) is 19.1 Å². The fraction of sp³-hybridized carbons (Fsp3) is 0.286. The summed E-state index contributed by atoms with van der Waals surface area (Å²) in [7, 11) is 1.57. The second-order valence-corrected chi connectivity index (χ2v) is 6.76. The van der Waals surface area contributed by atoms with Gasteiger partial charge in [-0.1, -0.05) is 12.1 Å². The highest BCUT2D eigenvalue weighted by atomic mass is 16.5. The Morgan fingerprint density at radius 2 is 1.79 bits per heavy atom. The molecule has 0 aromatic heterocycles. The molecular weight excluding hydrogens is 358 g/mol. The first-order valence-electron chi connectivity index (χ1n) is 9.01. The van der Waals surface area contributed by atoms with Crippen molar-refractivity contribution >= 4 is 34.8 Å². The Balaban J connectivity index is 1.72. The van der Waals surface area contributed by atoms with Crippen molar-refractivity contribution in [2.24, 2.45) is 5.92 Å². The Kier molecular flexibility index (Phi) is 5.63. The predicted molar refractivity (Wildman–Crippen MR) is 108 cm³/mol. The zero-order valence-electron chi connectivity index (χ0n) is 16.1. The third-order valence-electron chi connectivity index (χ3n) is 4.76. The SMILES string of the molecule is COc1cccc(N2C[C@@H](C(=O)Nc3cccc(NC(C)=O)c3C)CC2=O)c1. The summed E-state index contributed by atoms with van der Waals surface area (Å²) in [5, 5.41) is 5.63. The summed E-state index contributed by atoms with van der Waals surface area (Å²) in [6.45, 7) is 3.56. The average molecular weight is 381 g/mol. The van der Waals surface area contributed by atoms with Crippen LogP contribution in [0.3, 0.4) is 0 Å². The maximum atomic E-state index is 12.7. The molecule has 0 unspecified atom stereocenters. The Bertz CT molecular complexity index is 926. The molecule has 0 radical (unpaired) electrons. The lowest BCUT2D eigenvalue weighted by Crippen LogP contribution is -2.28. The van der Waals surface area contributed by atoms with Gasteiger partial charge in [-0.15, -0.1) is 0 Å². The van der Waals surface area contributed by atoms with Crippen molar-refractivity contribution in [3.63, 3.8) is 0 Å². The standard InChI is InChI=1S/C21H23N3O4/c1-13-18(22-14(2)25)8-5-9-19(13)23-21(27)15-10-20(26)24(12-15)16-6-4-7-17(11-16)28-3/h4-9,11,15H,10,12H2,1-3H3,(H,22,25)(H,23,27)/t15-/m0/s1. The highest BCUT2D eigenvalue weighted by Gasteiger charge is 2.35. The average Bonchev–Trinajstić information content (AvgIpc) is 3.06. The summed E-state index contributed by atoms with van der Waals surface area (Å²) < 4.78 is 5.21. The minimum absolute atomic E-state index is 0.0999. The Morgan fingerprint density at radius 1 is 1.11 bits per heavy atom. The zero-order chi connectivity index (χ0) is 20.3. The van der Waals surface area contributed by atoms with E-state index >= 15 is 0 Å². The first-order valence-corrected chi connectivity index (χ1v) is 9.01. The number of anilines is 3. The Labute approximate surface area is 163 Å². The van der Waals surface area contributed by atoms with Crippen LogP contribution in [0, 0.1) is 12.8 Å². The molecule has 0 bridgehead atoms. The second kappa shape index (κ2) is 8.12. The van der Waals surface area contributed by atoms with E-state index in [1.54, 1.807) is 42.3 Å². The van der Waals surface area contributed by atoms with Gasteiger partial charge in [0.2, 0.25) is 17.7 Å². The van der Waals surface area contributed by atoms with E-state index in [4.69, 9.17) is 4.74 Å². The van der Waals surface area contributed by atoms with E-state index in [9.17, 15) is 14.4 Å². The minimum Gasteiger partial charge on any atom is -0.497 e. The van der Waals surface area contributed by atoms with Crippen LogP contribution in [0.2, 0.25) is 0 Å². The van der Waals surface area contributed by atoms with Crippen molar-refractivity contribution in [1.29, 1.82) is 0 Å². The summed E-state index contributed by atoms with van der Waals surface area (Å²) in [5.74, 6) is -0.299. The number of benzene rings is 2. The number of nitrogens with one attached hydrogen (secondary N) is 2. The number of hydrogen-bond acceptors (Lipinski definition) is 4. The molecule has 1 aliphatic rings. The van der Waals surface area contributed by atoms with E-state index in [-0.39, 0.29) is 24.1 Å². The lowest BCUT2D eigenvalue weighted by Gasteiger charge is -2.18. The summed E-state index contributed by atoms with van der Waals surface area (Å²) in [6.07, 6.45) is 0.146. The van der Waals surface area contributed by atoms with Crippen LogP contribution in [0.25, 0.3) is 0 Å². The molecule has 2 aromatic rings. The van der Waals surface area contributed by atoms with Crippen LogP contribution in [0.5, 0.6) is 5.75 Å². The predicted octanol–water partition coefficient (Wildman–Crippen LogP) is 2.95. The van der Waals surface area contributed by atoms with Gasteiger partial charge in [0.25, 0.3) is 0 Å². The fourth-order valence-corrected chi connectivity index (χ4v) is 3.24. The minimum atomic E-state index is -0.456. The molecule has 3 amide bonds. The molecule has 7 nitrogen and oxygen atoms in total. The van der Waals surface area contributed by atoms with Gasteiger partial charge in [0.15, 0.2) is 0 Å². The second-order valence-electron chi connectivity index (χ2n) is 6.76. The van der Waals surface area contributed by atoms with Crippen LogP contribution in [0.15, 0.2) is 42.5 Å². The van der Waals surface area contributed by atoms with Gasteiger partial charge in [-0.05, 0) is 36.8 Å². The lowest BCUT2D eigenvalue weighted by atomic mass is 10.1. The van der Waals surface area contributed by atoms with E-state index in [0.29, 0.717) is 29.4 Å². The molecule has 0 saturated carbocycles. The maximum Gasteiger partial charge on any atom is 0.229 e. The van der Waals surface area contributed by atoms with Crippen molar-refractivity contribution in [3.05, 3.63) is 48.0 Å². The Hall–Kier alpha value is -3.35. The lowest BCUT2D eigenvalue weighted by molar-refractivity contribution is -0.122. The molecule has 1 fully saturated rings. The molecule has 2 aromatic carbocycles. The van der Waals surface area contributed by atoms with Crippen LogP contribution < -0.4 is 20.3 Å². The van der Waals surface area contributed by atoms with Gasteiger partial charge < -0.3 is 20.3 Å². The zero-order valence-corrected chi connectivity index (χ0v) is 16.1. The van der Waals surface area contributed by atoms with Crippen molar-refractivity contribution < 1.29 is 19.1 Å². The van der Waals surface area contributed by atoms with Gasteiger partial charge >= 0.3 is 0 Å². The molecule has 1 atom stereocenters. The summed E-state index contributed by atoms with van der Waals surface area (Å²) in [6, 6.07) is 12.5. The molecule has 0 spiro atoms. The third kappa shape index (κ3) is 4.14. The van der Waals surface area contributed by atoms with Crippen molar-refractivity contribution in [2.45, 2.75) is 20.3 Å². The van der Waals surface area contributed by atoms with Crippen LogP contribution in [0.4, 0.5) is 17.1 Å². The van der Waals surface area contributed by atoms with E-state index in [0.717, 1.165) is 5.56 Å². The summed E-state index contributed by atoms with van der Waals surface area (Å²) >= 11 is 0. The number of carbonyl (C=O) groups is 3. The Morgan fingerprint density at radius 3 is 2.46 bits per heavy atom. The van der Waals surface area contributed by atoms with Crippen molar-refractivity contribution in [2.75, 3.05) is 29.2 Å². The first-order chi connectivity index (χ1) is 13.4. The smallest absolute Gasteiger partial charge is 0.229 e. The number of amides is 3. The van der Waals surface area contributed by atoms with Crippen molar-refractivity contribution in [3.8, 4) is 5.75 Å². The van der Waals surface area contributed by atoms with Crippen LogP contribution in [0.1, 0.15) is 18.9 Å². The van der Waals surface area contributed by atoms with Crippen LogP contribution in [-0.4, -0.2) is 31.4 Å². The largest absolute Gasteiger partial charge is 0.497 e. The molecule has 1 aliphatic heterocycles. The summed E-state index contributed by atoms with van der Waals surface area (Å²) in [5.41, 5.74) is 2.73. The van der Waals surface area contributed by atoms with Gasteiger partial charge in [-0.2, -0.15) is 0 Å². The number of rotatable bonds is 5.